The molecule has 0 atom stereocenters. The third-order valence-electron chi connectivity index (χ3n) is 3.85. The molecule has 0 aliphatic heterocycles. The van der Waals surface area contributed by atoms with Crippen LogP contribution in [0.15, 0.2) is 10.6 Å². The zero-order valence-electron chi connectivity index (χ0n) is 15.7. The number of methoxy groups -OCH3 is 1. The molecule has 1 aromatic rings. The molecule has 0 spiro atoms. The van der Waals surface area contributed by atoms with E-state index < -0.39 is 0 Å². The zero-order valence-corrected chi connectivity index (χ0v) is 15.7. The molecule has 7 heteroatoms. The summed E-state index contributed by atoms with van der Waals surface area (Å²) in [6.45, 7) is 5.00. The van der Waals surface area contributed by atoms with E-state index in [4.69, 9.17) is 9.26 Å². The van der Waals surface area contributed by atoms with Crippen LogP contribution in [0.5, 0.6) is 0 Å². The molecule has 0 saturated carbocycles. The minimum absolute atomic E-state index is 0.0130. The highest BCUT2D eigenvalue weighted by Gasteiger charge is 2.17. The van der Waals surface area contributed by atoms with Crippen LogP contribution in [0.25, 0.3) is 0 Å². The van der Waals surface area contributed by atoms with E-state index in [2.05, 4.69) is 17.4 Å². The van der Waals surface area contributed by atoms with Crippen LogP contribution in [0.4, 0.5) is 5.82 Å². The van der Waals surface area contributed by atoms with Gasteiger partial charge in [0.15, 0.2) is 5.82 Å². The van der Waals surface area contributed by atoms with E-state index in [0.29, 0.717) is 37.6 Å². The number of nitrogens with one attached hydrogen (secondary N) is 1. The largest absolute Gasteiger partial charge is 0.385 e. The van der Waals surface area contributed by atoms with Crippen LogP contribution < -0.4 is 5.32 Å². The lowest BCUT2D eigenvalue weighted by Crippen LogP contribution is -2.39. The summed E-state index contributed by atoms with van der Waals surface area (Å²) < 4.78 is 9.96. The lowest BCUT2D eigenvalue weighted by molar-refractivity contribution is -0.135. The number of aryl methyl sites for hydroxylation is 1. The number of ether oxygens (including phenoxy) is 1. The standard InChI is InChI=1S/C18H31N3O4/c1-4-5-6-7-8-10-18(23)21(11-9-12-24-3)14-17(22)19-16-13-15(2)25-20-16/h13H,4-12,14H2,1-3H3,(H,19,20,22). The van der Waals surface area contributed by atoms with E-state index in [9.17, 15) is 9.59 Å². The normalized spacial score (nSPS) is 10.7. The third-order valence-corrected chi connectivity index (χ3v) is 3.85. The van der Waals surface area contributed by atoms with Crippen LogP contribution in [0.1, 0.15) is 57.6 Å². The summed E-state index contributed by atoms with van der Waals surface area (Å²) in [5.74, 6) is 0.728. The molecule has 0 saturated heterocycles. The lowest BCUT2D eigenvalue weighted by atomic mass is 10.1. The summed E-state index contributed by atoms with van der Waals surface area (Å²) in [5, 5.41) is 6.38. The van der Waals surface area contributed by atoms with E-state index in [-0.39, 0.29) is 18.4 Å². The molecule has 0 bridgehead atoms. The highest BCUT2D eigenvalue weighted by Crippen LogP contribution is 2.09. The highest BCUT2D eigenvalue weighted by molar-refractivity contribution is 5.93. The van der Waals surface area contributed by atoms with E-state index in [0.717, 1.165) is 19.3 Å². The maximum Gasteiger partial charge on any atom is 0.245 e. The van der Waals surface area contributed by atoms with Crippen LogP contribution in [0.2, 0.25) is 0 Å². The van der Waals surface area contributed by atoms with E-state index in [1.165, 1.54) is 12.8 Å². The van der Waals surface area contributed by atoms with Gasteiger partial charge in [-0.25, -0.2) is 0 Å². The molecule has 1 heterocycles. The monoisotopic (exact) mass is 353 g/mol. The van der Waals surface area contributed by atoms with Crippen molar-refractivity contribution in [3.8, 4) is 0 Å². The van der Waals surface area contributed by atoms with Crippen LogP contribution in [-0.4, -0.2) is 48.7 Å². The van der Waals surface area contributed by atoms with Crippen molar-refractivity contribution >= 4 is 17.6 Å². The average Bonchev–Trinajstić information content (AvgIpc) is 2.98. The van der Waals surface area contributed by atoms with Gasteiger partial charge in [-0.1, -0.05) is 37.8 Å². The molecule has 0 radical (unpaired) electrons. The first-order valence-electron chi connectivity index (χ1n) is 9.06. The maximum absolute atomic E-state index is 12.4. The van der Waals surface area contributed by atoms with Gasteiger partial charge in [-0.05, 0) is 19.8 Å². The molecule has 1 rings (SSSR count). The van der Waals surface area contributed by atoms with Crippen molar-refractivity contribution < 1.29 is 18.8 Å². The number of aromatic nitrogens is 1. The summed E-state index contributed by atoms with van der Waals surface area (Å²) >= 11 is 0. The van der Waals surface area contributed by atoms with Gasteiger partial charge in [0.05, 0.1) is 6.54 Å². The Balaban J connectivity index is 2.46. The van der Waals surface area contributed by atoms with Gasteiger partial charge in [-0.15, -0.1) is 0 Å². The number of anilines is 1. The second-order valence-corrected chi connectivity index (χ2v) is 6.20. The van der Waals surface area contributed by atoms with Crippen LogP contribution in [0, 0.1) is 6.92 Å². The van der Waals surface area contributed by atoms with Gasteiger partial charge in [0.25, 0.3) is 0 Å². The van der Waals surface area contributed by atoms with Crippen molar-refractivity contribution in [3.63, 3.8) is 0 Å². The fourth-order valence-electron chi connectivity index (χ4n) is 2.51. The second-order valence-electron chi connectivity index (χ2n) is 6.20. The fraction of sp³-hybridized carbons (Fsp3) is 0.722. The molecule has 0 fully saturated rings. The smallest absolute Gasteiger partial charge is 0.245 e. The predicted molar refractivity (Wildman–Crippen MR) is 96.3 cm³/mol. The first kappa shape index (κ1) is 21.2. The first-order chi connectivity index (χ1) is 12.1. The van der Waals surface area contributed by atoms with Crippen molar-refractivity contribution in [1.82, 2.24) is 10.1 Å². The summed E-state index contributed by atoms with van der Waals surface area (Å²) in [6.07, 6.45) is 6.63. The predicted octanol–water partition coefficient (Wildman–Crippen LogP) is 3.15. The minimum Gasteiger partial charge on any atom is -0.385 e. The number of nitrogens with zero attached hydrogens (tertiary/aromatic N) is 2. The molecule has 1 aromatic heterocycles. The van der Waals surface area contributed by atoms with Crippen LogP contribution in [0.3, 0.4) is 0 Å². The van der Waals surface area contributed by atoms with E-state index in [1.807, 2.05) is 0 Å². The van der Waals surface area contributed by atoms with Gasteiger partial charge in [-0.2, -0.15) is 0 Å². The van der Waals surface area contributed by atoms with Crippen molar-refractivity contribution in [2.24, 2.45) is 0 Å². The topological polar surface area (TPSA) is 84.7 Å². The molecule has 7 nitrogen and oxygen atoms in total. The summed E-state index contributed by atoms with van der Waals surface area (Å²) in [4.78, 5) is 26.2. The fourth-order valence-corrected chi connectivity index (χ4v) is 2.51. The molecule has 2 amide bonds. The molecule has 142 valence electrons. The zero-order chi connectivity index (χ0) is 18.5. The molecule has 0 aliphatic rings. The molecule has 1 N–H and O–H groups in total. The SMILES string of the molecule is CCCCCCCC(=O)N(CCCOC)CC(=O)Nc1cc(C)on1. The van der Waals surface area contributed by atoms with Gasteiger partial charge < -0.3 is 19.5 Å². The Bertz CT molecular complexity index is 516. The number of hydrogen-bond donors (Lipinski definition) is 1. The molecular weight excluding hydrogens is 322 g/mol. The van der Waals surface area contributed by atoms with Gasteiger partial charge in [0, 0.05) is 32.7 Å². The van der Waals surface area contributed by atoms with Crippen molar-refractivity contribution in [3.05, 3.63) is 11.8 Å². The van der Waals surface area contributed by atoms with Crippen molar-refractivity contribution in [2.45, 2.75) is 58.8 Å². The Kier molecular flexibility index (Phi) is 10.6. The minimum atomic E-state index is -0.273. The van der Waals surface area contributed by atoms with Gasteiger partial charge in [0.2, 0.25) is 11.8 Å². The number of hydrogen-bond acceptors (Lipinski definition) is 5. The van der Waals surface area contributed by atoms with Crippen molar-refractivity contribution in [1.29, 1.82) is 0 Å². The molecule has 25 heavy (non-hydrogen) atoms. The molecular formula is C18H31N3O4. The quantitative estimate of drug-likeness (QED) is 0.551. The van der Waals surface area contributed by atoms with Gasteiger partial charge >= 0.3 is 0 Å². The Morgan fingerprint density at radius 3 is 2.64 bits per heavy atom. The van der Waals surface area contributed by atoms with Gasteiger partial charge in [0.1, 0.15) is 5.76 Å². The first-order valence-corrected chi connectivity index (χ1v) is 9.06. The average molecular weight is 353 g/mol. The third kappa shape index (κ3) is 9.24. The number of amides is 2. The highest BCUT2D eigenvalue weighted by atomic mass is 16.5. The Hall–Kier alpha value is -1.89. The summed E-state index contributed by atoms with van der Waals surface area (Å²) in [5.41, 5.74) is 0. The second kappa shape index (κ2) is 12.5. The summed E-state index contributed by atoms with van der Waals surface area (Å²) in [7, 11) is 1.62. The maximum atomic E-state index is 12.4. The Morgan fingerprint density at radius 2 is 2.00 bits per heavy atom. The Morgan fingerprint density at radius 1 is 1.24 bits per heavy atom. The number of unbranched alkanes of at least 4 members (excludes halogenated alkanes) is 4. The molecule has 0 aliphatic carbocycles. The van der Waals surface area contributed by atoms with Crippen molar-refractivity contribution in [2.75, 3.05) is 32.1 Å². The van der Waals surface area contributed by atoms with E-state index >= 15 is 0 Å². The number of carbonyl (C=O) groups excluding carboxylic acids is 2. The lowest BCUT2D eigenvalue weighted by Gasteiger charge is -2.22. The van der Waals surface area contributed by atoms with Crippen LogP contribution in [-0.2, 0) is 14.3 Å². The molecule has 0 aromatic carbocycles. The molecule has 0 unspecified atom stereocenters. The number of carbonyl (C=O) groups is 2. The summed E-state index contributed by atoms with van der Waals surface area (Å²) in [6, 6.07) is 1.64. The van der Waals surface area contributed by atoms with E-state index in [1.54, 1.807) is 25.0 Å². The number of rotatable bonds is 13. The van der Waals surface area contributed by atoms with Gasteiger partial charge in [-0.3, -0.25) is 9.59 Å². The Labute approximate surface area is 150 Å². The van der Waals surface area contributed by atoms with Crippen LogP contribution >= 0.6 is 0 Å².